The molecule has 0 unspecified atom stereocenters. The number of fused-ring (bicyclic) bond motifs is 1. The Morgan fingerprint density at radius 1 is 1.12 bits per heavy atom. The average molecular weight is 553 g/mol. The van der Waals surface area contributed by atoms with E-state index in [2.05, 4.69) is 32.4 Å². The molecule has 0 atom stereocenters. The van der Waals surface area contributed by atoms with Gasteiger partial charge in [-0.05, 0) is 42.8 Å². The van der Waals surface area contributed by atoms with Gasteiger partial charge in [-0.25, -0.2) is 18.7 Å². The minimum atomic E-state index is -1.05. The SMILES string of the molecule is CCNc1c([N+](=O)[O-])cnc2ccc(C#CCNC(=O)c3cncn(Cc4ccc(F)c(F)c4)c3=O)cc12.CF. The summed E-state index contributed by atoms with van der Waals surface area (Å²) in [6, 6.07) is 8.30. The lowest BCUT2D eigenvalue weighted by atomic mass is 10.1. The lowest BCUT2D eigenvalue weighted by Crippen LogP contribution is -2.33. The van der Waals surface area contributed by atoms with Crippen LogP contribution in [0.15, 0.2) is 59.9 Å². The molecule has 0 spiro atoms. The third-order valence-corrected chi connectivity index (χ3v) is 5.45. The number of carbonyl (C=O) groups excluding carboxylic acids is 1. The van der Waals surface area contributed by atoms with E-state index in [-0.39, 0.29) is 24.3 Å². The lowest BCUT2D eigenvalue weighted by molar-refractivity contribution is -0.384. The van der Waals surface area contributed by atoms with E-state index in [0.717, 1.165) is 22.9 Å². The Morgan fingerprint density at radius 2 is 1.90 bits per heavy atom. The number of amides is 1. The molecule has 4 aromatic rings. The maximum atomic E-state index is 13.5. The Morgan fingerprint density at radius 3 is 2.60 bits per heavy atom. The van der Waals surface area contributed by atoms with Crippen LogP contribution >= 0.6 is 0 Å². The van der Waals surface area contributed by atoms with Gasteiger partial charge in [0, 0.05) is 23.7 Å². The van der Waals surface area contributed by atoms with E-state index < -0.39 is 28.0 Å². The second kappa shape index (κ2) is 13.5. The molecule has 40 heavy (non-hydrogen) atoms. The van der Waals surface area contributed by atoms with Crippen molar-refractivity contribution in [3.8, 4) is 11.8 Å². The van der Waals surface area contributed by atoms with E-state index in [1.165, 1.54) is 18.6 Å². The Bertz CT molecular complexity index is 1680. The van der Waals surface area contributed by atoms with Gasteiger partial charge in [0.2, 0.25) is 0 Å². The van der Waals surface area contributed by atoms with Crippen molar-refractivity contribution in [3.63, 3.8) is 0 Å². The molecule has 1 amide bonds. The highest BCUT2D eigenvalue weighted by Gasteiger charge is 2.18. The van der Waals surface area contributed by atoms with Crippen molar-refractivity contribution in [2.24, 2.45) is 0 Å². The van der Waals surface area contributed by atoms with Gasteiger partial charge in [-0.15, -0.1) is 0 Å². The van der Waals surface area contributed by atoms with Crippen LogP contribution in [0.3, 0.4) is 0 Å². The van der Waals surface area contributed by atoms with E-state index in [1.807, 2.05) is 6.92 Å². The molecule has 0 fully saturated rings. The van der Waals surface area contributed by atoms with Crippen LogP contribution in [0.5, 0.6) is 0 Å². The largest absolute Gasteiger partial charge is 0.379 e. The molecule has 0 aliphatic carbocycles. The third-order valence-electron chi connectivity index (χ3n) is 5.45. The molecular weight excluding hydrogens is 529 g/mol. The van der Waals surface area contributed by atoms with Crippen LogP contribution in [0.2, 0.25) is 0 Å². The van der Waals surface area contributed by atoms with Crippen molar-refractivity contribution in [2.45, 2.75) is 13.5 Å². The quantitative estimate of drug-likeness (QED) is 0.202. The van der Waals surface area contributed by atoms with Crippen LogP contribution in [0, 0.1) is 33.6 Å². The third kappa shape index (κ3) is 6.79. The molecule has 0 aliphatic rings. The monoisotopic (exact) mass is 552 g/mol. The Hall–Kier alpha value is -5.25. The Kier molecular flexibility index (Phi) is 9.90. The molecule has 13 heteroatoms. The summed E-state index contributed by atoms with van der Waals surface area (Å²) in [5.74, 6) is 2.90. The number of pyridine rings is 1. The molecule has 2 aromatic heterocycles. The number of aromatic nitrogens is 3. The van der Waals surface area contributed by atoms with Crippen LogP contribution in [-0.4, -0.2) is 45.6 Å². The maximum Gasteiger partial charge on any atom is 0.311 e. The first-order valence-electron chi connectivity index (χ1n) is 11.7. The molecule has 206 valence electrons. The smallest absolute Gasteiger partial charge is 0.311 e. The summed E-state index contributed by atoms with van der Waals surface area (Å²) in [4.78, 5) is 44.1. The number of nitrogens with one attached hydrogen (secondary N) is 2. The highest BCUT2D eigenvalue weighted by molar-refractivity contribution is 5.96. The standard InChI is InChI=1S/C26H20F2N6O4.CH3F/c1-2-30-24-18-10-16(6-8-22(18)32-13-23(24)34(37)38)4-3-9-31-25(35)19-12-29-15-33(26(19)36)14-17-5-7-20(27)21(28)11-17;1-2/h5-8,10-13,15H,2,9,14H2,1H3,(H,30,32)(H,31,35);1H3. The van der Waals surface area contributed by atoms with Gasteiger partial charge in [-0.2, -0.15) is 0 Å². The molecule has 0 saturated carbocycles. The average Bonchev–Trinajstić information content (AvgIpc) is 2.95. The van der Waals surface area contributed by atoms with E-state index >= 15 is 0 Å². The van der Waals surface area contributed by atoms with Gasteiger partial charge < -0.3 is 10.6 Å². The van der Waals surface area contributed by atoms with Crippen LogP contribution in [0.1, 0.15) is 28.4 Å². The van der Waals surface area contributed by atoms with Crippen LogP contribution in [0.4, 0.5) is 24.5 Å². The summed E-state index contributed by atoms with van der Waals surface area (Å²) in [7, 11) is 0.500. The highest BCUT2D eigenvalue weighted by Crippen LogP contribution is 2.31. The van der Waals surface area contributed by atoms with Crippen LogP contribution in [0.25, 0.3) is 10.9 Å². The van der Waals surface area contributed by atoms with E-state index in [1.54, 1.807) is 18.2 Å². The van der Waals surface area contributed by atoms with E-state index in [0.29, 0.717) is 41.4 Å². The number of carbonyl (C=O) groups is 1. The minimum Gasteiger partial charge on any atom is -0.379 e. The van der Waals surface area contributed by atoms with E-state index in [4.69, 9.17) is 0 Å². The molecule has 2 aromatic carbocycles. The van der Waals surface area contributed by atoms with Crippen molar-refractivity contribution in [1.82, 2.24) is 19.9 Å². The number of nitrogens with zero attached hydrogens (tertiary/aromatic N) is 4. The van der Waals surface area contributed by atoms with E-state index in [9.17, 15) is 32.9 Å². The van der Waals surface area contributed by atoms with Gasteiger partial charge in [0.15, 0.2) is 11.6 Å². The van der Waals surface area contributed by atoms with Gasteiger partial charge in [0.25, 0.3) is 11.5 Å². The lowest BCUT2D eigenvalue weighted by Gasteiger charge is -2.08. The number of anilines is 1. The number of benzene rings is 2. The number of hydrogen-bond donors (Lipinski definition) is 2. The van der Waals surface area contributed by atoms with Gasteiger partial charge in [0.05, 0.1) is 37.0 Å². The normalized spacial score (nSPS) is 10.1. The summed E-state index contributed by atoms with van der Waals surface area (Å²) in [6.07, 6.45) is 3.50. The van der Waals surface area contributed by atoms with Crippen molar-refractivity contribution < 1.29 is 22.9 Å². The zero-order valence-corrected chi connectivity index (χ0v) is 21.4. The predicted octanol–water partition coefficient (Wildman–Crippen LogP) is 3.83. The fourth-order valence-electron chi connectivity index (χ4n) is 3.68. The molecule has 2 heterocycles. The first-order valence-corrected chi connectivity index (χ1v) is 11.7. The first kappa shape index (κ1) is 29.3. The zero-order valence-electron chi connectivity index (χ0n) is 21.4. The fraction of sp³-hybridized carbons (Fsp3) is 0.185. The predicted molar refractivity (Wildman–Crippen MR) is 143 cm³/mol. The van der Waals surface area contributed by atoms with Crippen molar-refractivity contribution in [2.75, 3.05) is 25.6 Å². The number of nitro groups is 1. The number of rotatable bonds is 7. The summed E-state index contributed by atoms with van der Waals surface area (Å²) in [5, 5.41) is 17.4. The summed E-state index contributed by atoms with van der Waals surface area (Å²) < 4.78 is 37.2. The minimum absolute atomic E-state index is 0.0956. The molecule has 10 nitrogen and oxygen atoms in total. The number of halogens is 3. The number of alkyl halides is 1. The second-order valence-corrected chi connectivity index (χ2v) is 8.01. The van der Waals surface area contributed by atoms with Crippen molar-refractivity contribution >= 4 is 28.2 Å². The Balaban J connectivity index is 0.00000216. The molecule has 0 aliphatic heterocycles. The summed E-state index contributed by atoms with van der Waals surface area (Å²) >= 11 is 0. The van der Waals surface area contributed by atoms with Crippen LogP contribution < -0.4 is 16.2 Å². The fourth-order valence-corrected chi connectivity index (χ4v) is 3.68. The molecule has 0 radical (unpaired) electrons. The van der Waals surface area contributed by atoms with Gasteiger partial charge in [-0.1, -0.05) is 17.9 Å². The highest BCUT2D eigenvalue weighted by atomic mass is 19.2. The maximum absolute atomic E-state index is 13.5. The molecule has 4 rings (SSSR count). The Labute approximate surface area is 226 Å². The van der Waals surface area contributed by atoms with Gasteiger partial charge in [0.1, 0.15) is 17.4 Å². The van der Waals surface area contributed by atoms with Crippen molar-refractivity contribution in [1.29, 1.82) is 0 Å². The van der Waals surface area contributed by atoms with Crippen LogP contribution in [-0.2, 0) is 6.54 Å². The molecular formula is C27H23F3N6O4. The zero-order chi connectivity index (χ0) is 29.2. The van der Waals surface area contributed by atoms with Gasteiger partial charge >= 0.3 is 5.69 Å². The van der Waals surface area contributed by atoms with Gasteiger partial charge in [-0.3, -0.25) is 28.7 Å². The molecule has 2 N–H and O–H groups in total. The molecule has 0 saturated heterocycles. The second-order valence-electron chi connectivity index (χ2n) is 8.01. The summed E-state index contributed by atoms with van der Waals surface area (Å²) in [5.41, 5.74) is 0.722. The van der Waals surface area contributed by atoms with Crippen molar-refractivity contribution in [3.05, 3.63) is 104 Å². The topological polar surface area (TPSA) is 132 Å². The summed E-state index contributed by atoms with van der Waals surface area (Å²) in [6.45, 7) is 2.09. The molecule has 0 bridgehead atoms. The first-order chi connectivity index (χ1) is 19.3. The number of hydrogen-bond acceptors (Lipinski definition) is 7.